The maximum absolute atomic E-state index is 9.91. The van der Waals surface area contributed by atoms with Gasteiger partial charge in [0, 0.05) is 0 Å². The van der Waals surface area contributed by atoms with Crippen LogP contribution in [0.2, 0.25) is 0 Å². The Morgan fingerprint density at radius 3 is 2.59 bits per heavy atom. The molecule has 1 aliphatic rings. The molecule has 0 amide bonds. The van der Waals surface area contributed by atoms with Crippen molar-refractivity contribution in [1.82, 2.24) is 0 Å². The summed E-state index contributed by atoms with van der Waals surface area (Å²) in [5.74, 6) is 1.60. The van der Waals surface area contributed by atoms with Gasteiger partial charge in [0.2, 0.25) is 0 Å². The zero-order valence-electron chi connectivity index (χ0n) is 10.4. The van der Waals surface area contributed by atoms with Gasteiger partial charge in [-0.1, -0.05) is 12.5 Å². The summed E-state index contributed by atoms with van der Waals surface area (Å²) in [7, 11) is 0. The van der Waals surface area contributed by atoms with Gasteiger partial charge in [0.05, 0.1) is 16.7 Å². The first-order chi connectivity index (χ1) is 7.97. The molecule has 2 nitrogen and oxygen atoms in total. The predicted octanol–water partition coefficient (Wildman–Crippen LogP) is 3.86. The van der Waals surface area contributed by atoms with E-state index in [-0.39, 0.29) is 0 Å². The average Bonchev–Trinajstić information content (AvgIpc) is 2.16. The SMILES string of the molecule is CC(C)(O)c1ccc(OCC2CCC2)c(Br)c1. The fourth-order valence-electron chi connectivity index (χ4n) is 1.87. The van der Waals surface area contributed by atoms with E-state index in [0.29, 0.717) is 0 Å². The van der Waals surface area contributed by atoms with Gasteiger partial charge in [-0.05, 0) is 66.2 Å². The Bertz CT molecular complexity index is 392. The summed E-state index contributed by atoms with van der Waals surface area (Å²) in [6.45, 7) is 4.37. The van der Waals surface area contributed by atoms with Crippen molar-refractivity contribution in [3.8, 4) is 5.75 Å². The second kappa shape index (κ2) is 4.99. The van der Waals surface area contributed by atoms with E-state index in [4.69, 9.17) is 4.74 Å². The molecule has 0 bridgehead atoms. The van der Waals surface area contributed by atoms with E-state index in [1.165, 1.54) is 19.3 Å². The standard InChI is InChI=1S/C14H19BrO2/c1-14(2,16)11-6-7-13(12(15)8-11)17-9-10-4-3-5-10/h6-8,10,16H,3-5,9H2,1-2H3. The second-order valence-corrected chi connectivity index (χ2v) is 6.17. The van der Waals surface area contributed by atoms with Gasteiger partial charge in [0.25, 0.3) is 0 Å². The summed E-state index contributed by atoms with van der Waals surface area (Å²) in [5.41, 5.74) is 0.0787. The van der Waals surface area contributed by atoms with Crippen molar-refractivity contribution >= 4 is 15.9 Å². The maximum Gasteiger partial charge on any atom is 0.133 e. The van der Waals surface area contributed by atoms with Gasteiger partial charge >= 0.3 is 0 Å². The van der Waals surface area contributed by atoms with Crippen molar-refractivity contribution < 1.29 is 9.84 Å². The van der Waals surface area contributed by atoms with Gasteiger partial charge in [-0.25, -0.2) is 0 Å². The number of hydrogen-bond acceptors (Lipinski definition) is 2. The summed E-state index contributed by atoms with van der Waals surface area (Å²) in [4.78, 5) is 0. The molecule has 0 heterocycles. The van der Waals surface area contributed by atoms with Crippen molar-refractivity contribution in [3.05, 3.63) is 28.2 Å². The van der Waals surface area contributed by atoms with Crippen LogP contribution >= 0.6 is 15.9 Å². The van der Waals surface area contributed by atoms with Gasteiger partial charge in [0.15, 0.2) is 0 Å². The lowest BCUT2D eigenvalue weighted by molar-refractivity contribution is 0.0784. The Labute approximate surface area is 111 Å². The molecule has 3 heteroatoms. The molecule has 1 saturated carbocycles. The van der Waals surface area contributed by atoms with Crippen LogP contribution in [0, 0.1) is 5.92 Å². The van der Waals surface area contributed by atoms with Crippen molar-refractivity contribution in [3.63, 3.8) is 0 Å². The normalized spacial score (nSPS) is 16.7. The van der Waals surface area contributed by atoms with Crippen molar-refractivity contribution in [2.75, 3.05) is 6.61 Å². The molecule has 94 valence electrons. The molecule has 1 N–H and O–H groups in total. The summed E-state index contributed by atoms with van der Waals surface area (Å²) in [6.07, 6.45) is 3.92. The van der Waals surface area contributed by atoms with E-state index in [1.54, 1.807) is 13.8 Å². The highest BCUT2D eigenvalue weighted by Crippen LogP contribution is 2.32. The van der Waals surface area contributed by atoms with E-state index in [0.717, 1.165) is 28.3 Å². The molecule has 0 aromatic heterocycles. The Morgan fingerprint density at radius 1 is 1.41 bits per heavy atom. The molecule has 1 fully saturated rings. The van der Waals surface area contributed by atoms with Crippen LogP contribution in [-0.2, 0) is 5.60 Å². The third-order valence-electron chi connectivity index (χ3n) is 3.34. The fourth-order valence-corrected chi connectivity index (χ4v) is 2.36. The van der Waals surface area contributed by atoms with Crippen molar-refractivity contribution in [1.29, 1.82) is 0 Å². The van der Waals surface area contributed by atoms with Gasteiger partial charge in [-0.15, -0.1) is 0 Å². The number of hydrogen-bond donors (Lipinski definition) is 1. The summed E-state index contributed by atoms with van der Waals surface area (Å²) in [5, 5.41) is 9.91. The quantitative estimate of drug-likeness (QED) is 0.915. The van der Waals surface area contributed by atoms with Crippen LogP contribution in [0.15, 0.2) is 22.7 Å². The first-order valence-electron chi connectivity index (χ1n) is 6.12. The Hall–Kier alpha value is -0.540. The summed E-state index contributed by atoms with van der Waals surface area (Å²) >= 11 is 3.49. The van der Waals surface area contributed by atoms with E-state index in [9.17, 15) is 5.11 Å². The molecule has 0 unspecified atom stereocenters. The molecular weight excluding hydrogens is 280 g/mol. The molecule has 0 radical (unpaired) electrons. The Morgan fingerprint density at radius 2 is 2.12 bits per heavy atom. The van der Waals surface area contributed by atoms with Gasteiger partial charge in [-0.2, -0.15) is 0 Å². The molecule has 0 aliphatic heterocycles. The van der Waals surface area contributed by atoms with Crippen LogP contribution in [-0.4, -0.2) is 11.7 Å². The monoisotopic (exact) mass is 298 g/mol. The fraction of sp³-hybridized carbons (Fsp3) is 0.571. The van der Waals surface area contributed by atoms with E-state index in [1.807, 2.05) is 18.2 Å². The minimum atomic E-state index is -0.810. The third kappa shape index (κ3) is 3.23. The zero-order valence-corrected chi connectivity index (χ0v) is 12.0. The topological polar surface area (TPSA) is 29.5 Å². The summed E-state index contributed by atoms with van der Waals surface area (Å²) < 4.78 is 6.69. The van der Waals surface area contributed by atoms with Gasteiger partial charge < -0.3 is 9.84 Å². The molecule has 1 aliphatic carbocycles. The van der Waals surface area contributed by atoms with Crippen LogP contribution in [0.1, 0.15) is 38.7 Å². The average molecular weight is 299 g/mol. The lowest BCUT2D eigenvalue weighted by Gasteiger charge is -2.25. The van der Waals surface area contributed by atoms with Crippen LogP contribution in [0.4, 0.5) is 0 Å². The number of ether oxygens (including phenoxy) is 1. The lowest BCUT2D eigenvalue weighted by atomic mass is 9.86. The van der Waals surface area contributed by atoms with Crippen LogP contribution in [0.5, 0.6) is 5.75 Å². The summed E-state index contributed by atoms with van der Waals surface area (Å²) in [6, 6.07) is 5.77. The first kappa shape index (κ1) is 12.9. The van der Waals surface area contributed by atoms with Crippen LogP contribution in [0.25, 0.3) is 0 Å². The molecular formula is C14H19BrO2. The smallest absolute Gasteiger partial charge is 0.133 e. The molecule has 1 aromatic carbocycles. The van der Waals surface area contributed by atoms with Crippen molar-refractivity contribution in [2.45, 2.75) is 38.7 Å². The minimum Gasteiger partial charge on any atom is -0.492 e. The third-order valence-corrected chi connectivity index (χ3v) is 3.96. The van der Waals surface area contributed by atoms with Crippen LogP contribution < -0.4 is 4.74 Å². The molecule has 17 heavy (non-hydrogen) atoms. The van der Waals surface area contributed by atoms with Crippen LogP contribution in [0.3, 0.4) is 0 Å². The number of halogens is 1. The largest absolute Gasteiger partial charge is 0.492 e. The highest BCUT2D eigenvalue weighted by molar-refractivity contribution is 9.10. The highest BCUT2D eigenvalue weighted by atomic mass is 79.9. The Kier molecular flexibility index (Phi) is 3.79. The minimum absolute atomic E-state index is 0.732. The molecule has 0 saturated heterocycles. The zero-order chi connectivity index (χ0) is 12.5. The van der Waals surface area contributed by atoms with E-state index >= 15 is 0 Å². The van der Waals surface area contributed by atoms with Gasteiger partial charge in [-0.3, -0.25) is 0 Å². The van der Waals surface area contributed by atoms with Crippen molar-refractivity contribution in [2.24, 2.45) is 5.92 Å². The van der Waals surface area contributed by atoms with E-state index < -0.39 is 5.60 Å². The first-order valence-corrected chi connectivity index (χ1v) is 6.91. The molecule has 2 rings (SSSR count). The number of rotatable bonds is 4. The number of benzene rings is 1. The maximum atomic E-state index is 9.91. The lowest BCUT2D eigenvalue weighted by Crippen LogP contribution is -2.19. The second-order valence-electron chi connectivity index (χ2n) is 5.31. The molecule has 1 aromatic rings. The number of aliphatic hydroxyl groups is 1. The van der Waals surface area contributed by atoms with Gasteiger partial charge in [0.1, 0.15) is 5.75 Å². The molecule has 0 atom stereocenters. The molecule has 0 spiro atoms. The van der Waals surface area contributed by atoms with E-state index in [2.05, 4.69) is 15.9 Å². The highest BCUT2D eigenvalue weighted by Gasteiger charge is 2.20. The Balaban J connectivity index is 2.03. The predicted molar refractivity (Wildman–Crippen MR) is 72.2 cm³/mol.